The van der Waals surface area contributed by atoms with Crippen LogP contribution in [0.1, 0.15) is 26.3 Å². The molecule has 5 heteroatoms. The van der Waals surface area contributed by atoms with Gasteiger partial charge in [-0.25, -0.2) is 0 Å². The van der Waals surface area contributed by atoms with Gasteiger partial charge < -0.3 is 19.5 Å². The SMILES string of the molecule is COc1ccc(OCCNC(=O)COc2ccc(C(C)(C)C)cc2)cc1. The van der Waals surface area contributed by atoms with Gasteiger partial charge in [-0.15, -0.1) is 0 Å². The number of ether oxygens (including phenoxy) is 3. The molecule has 0 atom stereocenters. The normalized spacial score (nSPS) is 10.9. The van der Waals surface area contributed by atoms with Crippen molar-refractivity contribution in [2.45, 2.75) is 26.2 Å². The van der Waals surface area contributed by atoms with E-state index in [9.17, 15) is 4.79 Å². The highest BCUT2D eigenvalue weighted by Crippen LogP contribution is 2.24. The number of carbonyl (C=O) groups is 1. The zero-order chi connectivity index (χ0) is 19.0. The second-order valence-electron chi connectivity index (χ2n) is 6.94. The Hall–Kier alpha value is -2.69. The van der Waals surface area contributed by atoms with Crippen LogP contribution in [0, 0.1) is 0 Å². The lowest BCUT2D eigenvalue weighted by Crippen LogP contribution is -2.32. The molecule has 1 N–H and O–H groups in total. The molecule has 0 heterocycles. The van der Waals surface area contributed by atoms with E-state index < -0.39 is 0 Å². The van der Waals surface area contributed by atoms with Crippen molar-refractivity contribution in [3.63, 3.8) is 0 Å². The average Bonchev–Trinajstić information content (AvgIpc) is 2.63. The van der Waals surface area contributed by atoms with Crippen LogP contribution in [0.4, 0.5) is 0 Å². The molecule has 0 bridgehead atoms. The molecule has 0 unspecified atom stereocenters. The Kier molecular flexibility index (Phi) is 6.89. The standard InChI is InChI=1S/C21H27NO4/c1-21(2,3)16-5-7-19(8-6-16)26-15-20(23)22-13-14-25-18-11-9-17(24-4)10-12-18/h5-12H,13-15H2,1-4H3,(H,22,23). The summed E-state index contributed by atoms with van der Waals surface area (Å²) in [6, 6.07) is 15.1. The van der Waals surface area contributed by atoms with Crippen LogP contribution >= 0.6 is 0 Å². The van der Waals surface area contributed by atoms with Crippen LogP contribution in [0.3, 0.4) is 0 Å². The van der Waals surface area contributed by atoms with Gasteiger partial charge in [0.2, 0.25) is 0 Å². The minimum Gasteiger partial charge on any atom is -0.497 e. The van der Waals surface area contributed by atoms with Crippen LogP contribution in [0.5, 0.6) is 17.2 Å². The first kappa shape index (κ1) is 19.6. The highest BCUT2D eigenvalue weighted by atomic mass is 16.5. The molecule has 2 aromatic rings. The predicted molar refractivity (Wildman–Crippen MR) is 102 cm³/mol. The molecule has 0 aromatic heterocycles. The molecule has 0 saturated heterocycles. The van der Waals surface area contributed by atoms with E-state index in [1.807, 2.05) is 48.5 Å². The summed E-state index contributed by atoms with van der Waals surface area (Å²) in [6.45, 7) is 7.26. The first-order valence-corrected chi connectivity index (χ1v) is 8.65. The summed E-state index contributed by atoms with van der Waals surface area (Å²) >= 11 is 0. The summed E-state index contributed by atoms with van der Waals surface area (Å²) in [4.78, 5) is 11.8. The molecule has 1 amide bonds. The Morgan fingerprint density at radius 1 is 0.885 bits per heavy atom. The molecule has 0 aliphatic carbocycles. The molecule has 5 nitrogen and oxygen atoms in total. The van der Waals surface area contributed by atoms with Crippen LogP contribution in [-0.4, -0.2) is 32.8 Å². The second-order valence-corrected chi connectivity index (χ2v) is 6.94. The second kappa shape index (κ2) is 9.13. The van der Waals surface area contributed by atoms with Gasteiger partial charge in [0.05, 0.1) is 13.7 Å². The number of amides is 1. The van der Waals surface area contributed by atoms with E-state index in [1.54, 1.807) is 7.11 Å². The first-order chi connectivity index (χ1) is 12.4. The van der Waals surface area contributed by atoms with Crippen molar-refractivity contribution in [2.24, 2.45) is 0 Å². The zero-order valence-corrected chi connectivity index (χ0v) is 15.9. The number of hydrogen-bond donors (Lipinski definition) is 1. The molecule has 2 rings (SSSR count). The minimum absolute atomic E-state index is 0.0165. The largest absolute Gasteiger partial charge is 0.497 e. The molecule has 0 aliphatic heterocycles. The van der Waals surface area contributed by atoms with Crippen LogP contribution in [0.2, 0.25) is 0 Å². The molecular weight excluding hydrogens is 330 g/mol. The maximum absolute atomic E-state index is 11.8. The molecule has 0 radical (unpaired) electrons. The molecule has 0 saturated carbocycles. The molecule has 2 aromatic carbocycles. The van der Waals surface area contributed by atoms with E-state index >= 15 is 0 Å². The molecule has 0 spiro atoms. The van der Waals surface area contributed by atoms with E-state index in [0.29, 0.717) is 18.9 Å². The van der Waals surface area contributed by atoms with Gasteiger partial charge in [-0.1, -0.05) is 32.9 Å². The van der Waals surface area contributed by atoms with Gasteiger partial charge >= 0.3 is 0 Å². The molecule has 0 fully saturated rings. The van der Waals surface area contributed by atoms with Crippen molar-refractivity contribution >= 4 is 5.91 Å². The monoisotopic (exact) mass is 357 g/mol. The van der Waals surface area contributed by atoms with E-state index in [4.69, 9.17) is 14.2 Å². The van der Waals surface area contributed by atoms with E-state index in [2.05, 4.69) is 26.1 Å². The van der Waals surface area contributed by atoms with Gasteiger partial charge in [-0.3, -0.25) is 4.79 Å². The third-order valence-electron chi connectivity index (χ3n) is 3.84. The van der Waals surface area contributed by atoms with Gasteiger partial charge in [0.25, 0.3) is 5.91 Å². The van der Waals surface area contributed by atoms with Crippen molar-refractivity contribution in [2.75, 3.05) is 26.9 Å². The first-order valence-electron chi connectivity index (χ1n) is 8.65. The summed E-state index contributed by atoms with van der Waals surface area (Å²) in [7, 11) is 1.62. The minimum atomic E-state index is -0.178. The third kappa shape index (κ3) is 6.31. The Bertz CT molecular complexity index is 687. The highest BCUT2D eigenvalue weighted by Gasteiger charge is 2.13. The fraction of sp³-hybridized carbons (Fsp3) is 0.381. The Morgan fingerprint density at radius 2 is 1.42 bits per heavy atom. The van der Waals surface area contributed by atoms with Gasteiger partial charge in [0.15, 0.2) is 6.61 Å². The fourth-order valence-electron chi connectivity index (χ4n) is 2.28. The topological polar surface area (TPSA) is 56.8 Å². The van der Waals surface area contributed by atoms with Gasteiger partial charge in [0, 0.05) is 0 Å². The van der Waals surface area contributed by atoms with Crippen molar-refractivity contribution < 1.29 is 19.0 Å². The van der Waals surface area contributed by atoms with Gasteiger partial charge in [-0.2, -0.15) is 0 Å². The Labute approximate surface area is 155 Å². The fourth-order valence-corrected chi connectivity index (χ4v) is 2.28. The number of hydrogen-bond acceptors (Lipinski definition) is 4. The number of carbonyl (C=O) groups excluding carboxylic acids is 1. The van der Waals surface area contributed by atoms with Crippen LogP contribution in [-0.2, 0) is 10.2 Å². The van der Waals surface area contributed by atoms with Crippen molar-refractivity contribution in [1.29, 1.82) is 0 Å². The lowest BCUT2D eigenvalue weighted by Gasteiger charge is -2.19. The maximum Gasteiger partial charge on any atom is 0.258 e. The van der Waals surface area contributed by atoms with Crippen molar-refractivity contribution in [3.8, 4) is 17.2 Å². The molecule has 140 valence electrons. The Balaban J connectivity index is 1.65. The molecule has 0 aliphatic rings. The van der Waals surface area contributed by atoms with Crippen LogP contribution in [0.15, 0.2) is 48.5 Å². The summed E-state index contributed by atoms with van der Waals surface area (Å²) in [5.41, 5.74) is 1.32. The number of benzene rings is 2. The van der Waals surface area contributed by atoms with Crippen LogP contribution < -0.4 is 19.5 Å². The summed E-state index contributed by atoms with van der Waals surface area (Å²) < 4.78 is 16.1. The number of methoxy groups -OCH3 is 1. The van der Waals surface area contributed by atoms with E-state index in [-0.39, 0.29) is 17.9 Å². The summed E-state index contributed by atoms with van der Waals surface area (Å²) in [6.07, 6.45) is 0. The van der Waals surface area contributed by atoms with Gasteiger partial charge in [-0.05, 0) is 47.4 Å². The zero-order valence-electron chi connectivity index (χ0n) is 15.9. The smallest absolute Gasteiger partial charge is 0.258 e. The van der Waals surface area contributed by atoms with Crippen LogP contribution in [0.25, 0.3) is 0 Å². The maximum atomic E-state index is 11.8. The number of nitrogens with one attached hydrogen (secondary N) is 1. The summed E-state index contributed by atoms with van der Waals surface area (Å²) in [5.74, 6) is 2.01. The Morgan fingerprint density at radius 3 is 2.00 bits per heavy atom. The van der Waals surface area contributed by atoms with E-state index in [1.165, 1.54) is 5.56 Å². The van der Waals surface area contributed by atoms with Gasteiger partial charge in [0.1, 0.15) is 23.9 Å². The average molecular weight is 357 g/mol. The molecular formula is C21H27NO4. The highest BCUT2D eigenvalue weighted by molar-refractivity contribution is 5.77. The van der Waals surface area contributed by atoms with E-state index in [0.717, 1.165) is 11.5 Å². The lowest BCUT2D eigenvalue weighted by atomic mass is 9.87. The van der Waals surface area contributed by atoms with Crippen molar-refractivity contribution in [1.82, 2.24) is 5.32 Å². The molecule has 26 heavy (non-hydrogen) atoms. The summed E-state index contributed by atoms with van der Waals surface area (Å²) in [5, 5.41) is 2.77. The van der Waals surface area contributed by atoms with Crippen molar-refractivity contribution in [3.05, 3.63) is 54.1 Å². The predicted octanol–water partition coefficient (Wildman–Crippen LogP) is 3.57. The number of rotatable bonds is 8. The quantitative estimate of drug-likeness (QED) is 0.734. The lowest BCUT2D eigenvalue weighted by molar-refractivity contribution is -0.123. The third-order valence-corrected chi connectivity index (χ3v) is 3.84.